The van der Waals surface area contributed by atoms with E-state index in [0.717, 1.165) is 5.75 Å². The highest BCUT2D eigenvalue weighted by Crippen LogP contribution is 2.17. The van der Waals surface area contributed by atoms with Crippen LogP contribution in [0.25, 0.3) is 0 Å². The summed E-state index contributed by atoms with van der Waals surface area (Å²) in [5.74, 6) is 1.11. The van der Waals surface area contributed by atoms with Crippen molar-refractivity contribution in [3.8, 4) is 0 Å². The average molecular weight is 356 g/mol. The number of carbonyl (C=O) groups is 2. The Morgan fingerprint density at radius 2 is 1.60 bits per heavy atom. The second kappa shape index (κ2) is 8.72. The predicted octanol–water partition coefficient (Wildman–Crippen LogP) is 3.88. The van der Waals surface area contributed by atoms with Crippen LogP contribution in [0.3, 0.4) is 0 Å². The van der Waals surface area contributed by atoms with Gasteiger partial charge in [0.25, 0.3) is 5.91 Å². The smallest absolute Gasteiger partial charge is 0.253 e. The van der Waals surface area contributed by atoms with Crippen LogP contribution in [-0.4, -0.2) is 36.6 Å². The molecule has 0 aliphatic carbocycles. The molecule has 0 bridgehead atoms. The van der Waals surface area contributed by atoms with Crippen molar-refractivity contribution < 1.29 is 9.59 Å². The van der Waals surface area contributed by atoms with Gasteiger partial charge in [-0.05, 0) is 43.7 Å². The summed E-state index contributed by atoms with van der Waals surface area (Å²) >= 11 is 1.59. The molecule has 0 heterocycles. The highest BCUT2D eigenvalue weighted by molar-refractivity contribution is 7.99. The number of nitrogens with zero attached hydrogens (tertiary/aromatic N) is 1. The van der Waals surface area contributed by atoms with E-state index < -0.39 is 0 Å². The zero-order valence-corrected chi connectivity index (χ0v) is 15.9. The summed E-state index contributed by atoms with van der Waals surface area (Å²) in [6.45, 7) is 4.16. The fraction of sp³-hybridized carbons (Fsp3) is 0.300. The second-order valence-electron chi connectivity index (χ2n) is 6.31. The topological polar surface area (TPSA) is 49.4 Å². The fourth-order valence-corrected chi connectivity index (χ4v) is 3.33. The monoisotopic (exact) mass is 356 g/mol. The molecule has 0 aliphatic rings. The lowest BCUT2D eigenvalue weighted by Crippen LogP contribution is -2.21. The van der Waals surface area contributed by atoms with E-state index in [1.807, 2.05) is 0 Å². The molecule has 0 fully saturated rings. The number of thioether (sulfide) groups is 1. The molecule has 0 aliphatic heterocycles. The molecule has 2 aromatic rings. The van der Waals surface area contributed by atoms with E-state index in [-0.39, 0.29) is 11.8 Å². The molecule has 0 aromatic heterocycles. The van der Waals surface area contributed by atoms with Gasteiger partial charge in [-0.15, -0.1) is 11.8 Å². The zero-order chi connectivity index (χ0) is 18.4. The molecule has 0 atom stereocenters. The first-order chi connectivity index (χ1) is 11.8. The van der Waals surface area contributed by atoms with Gasteiger partial charge >= 0.3 is 0 Å². The van der Waals surface area contributed by atoms with Gasteiger partial charge in [0.2, 0.25) is 5.91 Å². The number of amides is 2. The van der Waals surface area contributed by atoms with Crippen LogP contribution in [0.5, 0.6) is 0 Å². The molecule has 0 spiro atoms. The lowest BCUT2D eigenvalue weighted by Gasteiger charge is -2.11. The highest BCUT2D eigenvalue weighted by atomic mass is 32.2. The van der Waals surface area contributed by atoms with E-state index in [2.05, 4.69) is 37.4 Å². The Bertz CT molecular complexity index is 735. The quantitative estimate of drug-likeness (QED) is 0.854. The van der Waals surface area contributed by atoms with E-state index in [4.69, 9.17) is 0 Å². The maximum atomic E-state index is 12.1. The van der Waals surface area contributed by atoms with Crippen LogP contribution in [0.15, 0.2) is 42.5 Å². The zero-order valence-electron chi connectivity index (χ0n) is 15.1. The number of hydrogen-bond acceptors (Lipinski definition) is 3. The highest BCUT2D eigenvalue weighted by Gasteiger charge is 2.08. The van der Waals surface area contributed by atoms with E-state index in [1.165, 1.54) is 21.6 Å². The van der Waals surface area contributed by atoms with Gasteiger partial charge in [0.1, 0.15) is 0 Å². The van der Waals surface area contributed by atoms with Gasteiger partial charge in [-0.3, -0.25) is 9.59 Å². The lowest BCUT2D eigenvalue weighted by molar-refractivity contribution is -0.113. The molecule has 1 N–H and O–H groups in total. The summed E-state index contributed by atoms with van der Waals surface area (Å²) < 4.78 is 0. The molecule has 2 rings (SSSR count). The normalized spacial score (nSPS) is 10.4. The molecule has 0 radical (unpaired) electrons. The molecular weight excluding hydrogens is 332 g/mol. The van der Waals surface area contributed by atoms with Crippen molar-refractivity contribution in [1.29, 1.82) is 0 Å². The number of aryl methyl sites for hydroxylation is 2. The minimum Gasteiger partial charge on any atom is -0.345 e. The first-order valence-corrected chi connectivity index (χ1v) is 9.27. The second-order valence-corrected chi connectivity index (χ2v) is 7.30. The summed E-state index contributed by atoms with van der Waals surface area (Å²) in [6.07, 6.45) is 0. The minimum absolute atomic E-state index is 0.0407. The Hall–Kier alpha value is -2.27. The van der Waals surface area contributed by atoms with E-state index >= 15 is 0 Å². The van der Waals surface area contributed by atoms with Crippen molar-refractivity contribution in [2.75, 3.05) is 25.2 Å². The number of benzene rings is 2. The Labute approximate surface area is 153 Å². The van der Waals surface area contributed by atoms with Gasteiger partial charge in [-0.1, -0.05) is 29.3 Å². The Morgan fingerprint density at radius 3 is 2.16 bits per heavy atom. The molecular formula is C20H24N2O2S. The first kappa shape index (κ1) is 19.1. The van der Waals surface area contributed by atoms with Crippen LogP contribution >= 0.6 is 11.8 Å². The average Bonchev–Trinajstić information content (AvgIpc) is 2.54. The van der Waals surface area contributed by atoms with Crippen LogP contribution in [0.4, 0.5) is 5.69 Å². The molecule has 5 heteroatoms. The van der Waals surface area contributed by atoms with Gasteiger partial charge in [0.05, 0.1) is 5.75 Å². The summed E-state index contributed by atoms with van der Waals surface area (Å²) in [5, 5.41) is 2.86. The third kappa shape index (κ3) is 5.94. The molecule has 132 valence electrons. The van der Waals surface area contributed by atoms with Gasteiger partial charge in [-0.2, -0.15) is 0 Å². The molecule has 2 amide bonds. The van der Waals surface area contributed by atoms with E-state index in [0.29, 0.717) is 17.0 Å². The number of hydrogen-bond donors (Lipinski definition) is 1. The lowest BCUT2D eigenvalue weighted by atomic mass is 10.1. The largest absolute Gasteiger partial charge is 0.345 e. The van der Waals surface area contributed by atoms with Gasteiger partial charge in [0.15, 0.2) is 0 Å². The van der Waals surface area contributed by atoms with Crippen LogP contribution in [0.2, 0.25) is 0 Å². The van der Waals surface area contributed by atoms with Crippen molar-refractivity contribution >= 4 is 29.3 Å². The molecule has 0 saturated heterocycles. The third-order valence-corrected chi connectivity index (χ3v) is 4.61. The fourth-order valence-electron chi connectivity index (χ4n) is 2.57. The first-order valence-electron chi connectivity index (χ1n) is 8.11. The van der Waals surface area contributed by atoms with E-state index in [1.54, 1.807) is 50.1 Å². The van der Waals surface area contributed by atoms with Crippen molar-refractivity contribution in [2.45, 2.75) is 19.6 Å². The van der Waals surface area contributed by atoms with Crippen molar-refractivity contribution in [3.63, 3.8) is 0 Å². The van der Waals surface area contributed by atoms with Crippen molar-refractivity contribution in [3.05, 3.63) is 64.7 Å². The van der Waals surface area contributed by atoms with Crippen molar-refractivity contribution in [1.82, 2.24) is 4.90 Å². The number of carbonyl (C=O) groups excluding carboxylic acids is 2. The van der Waals surface area contributed by atoms with Crippen molar-refractivity contribution in [2.24, 2.45) is 0 Å². The number of anilines is 1. The minimum atomic E-state index is -0.0538. The summed E-state index contributed by atoms with van der Waals surface area (Å²) in [4.78, 5) is 25.4. The van der Waals surface area contributed by atoms with Gasteiger partial charge in [0, 0.05) is 31.1 Å². The van der Waals surface area contributed by atoms with Gasteiger partial charge in [-0.25, -0.2) is 0 Å². The van der Waals surface area contributed by atoms with Crippen LogP contribution < -0.4 is 5.32 Å². The number of rotatable bonds is 6. The Kier molecular flexibility index (Phi) is 6.65. The van der Waals surface area contributed by atoms with Crippen LogP contribution in [0.1, 0.15) is 27.0 Å². The summed E-state index contributed by atoms with van der Waals surface area (Å²) in [5.41, 5.74) is 5.03. The molecule has 4 nitrogen and oxygen atoms in total. The third-order valence-electron chi connectivity index (χ3n) is 3.61. The molecule has 2 aromatic carbocycles. The molecule has 0 unspecified atom stereocenters. The molecule has 0 saturated carbocycles. The van der Waals surface area contributed by atoms with Gasteiger partial charge < -0.3 is 10.2 Å². The summed E-state index contributed by atoms with van der Waals surface area (Å²) in [7, 11) is 3.43. The Morgan fingerprint density at radius 1 is 1.00 bits per heavy atom. The van der Waals surface area contributed by atoms with Crippen LogP contribution in [0, 0.1) is 13.8 Å². The van der Waals surface area contributed by atoms with Crippen LogP contribution in [-0.2, 0) is 10.5 Å². The van der Waals surface area contributed by atoms with E-state index in [9.17, 15) is 9.59 Å². The maximum Gasteiger partial charge on any atom is 0.253 e. The standard InChI is InChI=1S/C20H24N2O2S/c1-14-9-15(2)11-16(10-14)12-25-13-19(23)21-18-7-5-17(6-8-18)20(24)22(3)4/h5-11H,12-13H2,1-4H3,(H,21,23). The maximum absolute atomic E-state index is 12.1. The SMILES string of the molecule is Cc1cc(C)cc(CSCC(=O)Nc2ccc(C(=O)N(C)C)cc2)c1. The summed E-state index contributed by atoms with van der Waals surface area (Å²) in [6, 6.07) is 13.4. The Balaban J connectivity index is 1.83. The number of nitrogens with one attached hydrogen (secondary N) is 1. The molecule has 25 heavy (non-hydrogen) atoms. The predicted molar refractivity (Wildman–Crippen MR) is 105 cm³/mol.